The van der Waals surface area contributed by atoms with Gasteiger partial charge in [-0.2, -0.15) is 0 Å². The number of anilines is 1. The minimum Gasteiger partial charge on any atom is -0.305 e. The Bertz CT molecular complexity index is 1200. The number of nitrogens with one attached hydrogen (secondary N) is 1. The Morgan fingerprint density at radius 2 is 1.90 bits per heavy atom. The van der Waals surface area contributed by atoms with Crippen LogP contribution in [0.25, 0.3) is 22.6 Å². The quantitative estimate of drug-likeness (QED) is 0.392. The molecule has 0 bridgehead atoms. The zero-order valence-corrected chi connectivity index (χ0v) is 19.3. The largest absolute Gasteiger partial charge is 0.305 e. The lowest BCUT2D eigenvalue weighted by Crippen LogP contribution is -2.14. The highest BCUT2D eigenvalue weighted by Gasteiger charge is 2.15. The number of carbonyl (C=O) groups excluding carboxylic acids is 1. The fourth-order valence-corrected chi connectivity index (χ4v) is 4.61. The zero-order chi connectivity index (χ0) is 21.8. The van der Waals surface area contributed by atoms with E-state index in [1.165, 1.54) is 28.7 Å². The van der Waals surface area contributed by atoms with Gasteiger partial charge >= 0.3 is 0 Å². The monoisotopic (exact) mass is 449 g/mol. The van der Waals surface area contributed by atoms with Gasteiger partial charge in [-0.05, 0) is 24.5 Å². The van der Waals surface area contributed by atoms with Crippen molar-refractivity contribution < 1.29 is 4.79 Å². The lowest BCUT2D eigenvalue weighted by molar-refractivity contribution is -0.113. The predicted molar refractivity (Wildman–Crippen MR) is 127 cm³/mol. The van der Waals surface area contributed by atoms with Crippen LogP contribution in [-0.2, 0) is 18.3 Å². The maximum Gasteiger partial charge on any atom is 0.236 e. The number of rotatable bonds is 7. The Labute approximate surface area is 189 Å². The Kier molecular flexibility index (Phi) is 6.48. The number of aryl methyl sites for hydroxylation is 2. The van der Waals surface area contributed by atoms with Crippen LogP contribution in [0.1, 0.15) is 18.1 Å². The molecule has 1 amide bonds. The molecule has 8 heteroatoms. The fourth-order valence-electron chi connectivity index (χ4n) is 3.16. The molecule has 31 heavy (non-hydrogen) atoms. The standard InChI is InChI=1S/C23H23N5OS2/c1-4-16-9-11-17(12-10-16)19-13-30-22(24-19)25-20(29)14-31-23-27-26-21(28(23)3)18-8-6-5-7-15(18)2/h5-13H,4,14H2,1-3H3,(H,24,25,29). The smallest absolute Gasteiger partial charge is 0.236 e. The summed E-state index contributed by atoms with van der Waals surface area (Å²) in [6.07, 6.45) is 1.01. The molecule has 2 heterocycles. The molecule has 6 nitrogen and oxygen atoms in total. The Morgan fingerprint density at radius 3 is 2.65 bits per heavy atom. The van der Waals surface area contributed by atoms with Crippen molar-refractivity contribution >= 4 is 34.1 Å². The number of aromatic nitrogens is 4. The van der Waals surface area contributed by atoms with Crippen molar-refractivity contribution in [2.45, 2.75) is 25.4 Å². The van der Waals surface area contributed by atoms with E-state index in [9.17, 15) is 4.79 Å². The highest BCUT2D eigenvalue weighted by atomic mass is 32.2. The average Bonchev–Trinajstić information content (AvgIpc) is 3.39. The van der Waals surface area contributed by atoms with Crippen molar-refractivity contribution in [3.8, 4) is 22.6 Å². The molecule has 4 aromatic rings. The first-order valence-corrected chi connectivity index (χ1v) is 11.8. The summed E-state index contributed by atoms with van der Waals surface area (Å²) in [7, 11) is 1.92. The first kappa shape index (κ1) is 21.3. The van der Waals surface area contributed by atoms with Gasteiger partial charge in [0.1, 0.15) is 0 Å². The highest BCUT2D eigenvalue weighted by Crippen LogP contribution is 2.27. The van der Waals surface area contributed by atoms with E-state index in [-0.39, 0.29) is 11.7 Å². The van der Waals surface area contributed by atoms with Gasteiger partial charge in [-0.25, -0.2) is 4.98 Å². The van der Waals surface area contributed by atoms with E-state index in [0.29, 0.717) is 10.3 Å². The fraction of sp³-hybridized carbons (Fsp3) is 0.217. The highest BCUT2D eigenvalue weighted by molar-refractivity contribution is 7.99. The first-order valence-electron chi connectivity index (χ1n) is 9.98. The van der Waals surface area contributed by atoms with Gasteiger partial charge in [0.05, 0.1) is 11.4 Å². The third-order valence-electron chi connectivity index (χ3n) is 4.96. The number of amides is 1. The predicted octanol–water partition coefficient (Wildman–Crippen LogP) is 5.21. The summed E-state index contributed by atoms with van der Waals surface area (Å²) >= 11 is 2.78. The molecule has 0 radical (unpaired) electrons. The van der Waals surface area contributed by atoms with Gasteiger partial charge in [0.2, 0.25) is 5.91 Å². The Balaban J connectivity index is 1.37. The summed E-state index contributed by atoms with van der Waals surface area (Å²) in [4.78, 5) is 17.0. The molecule has 0 atom stereocenters. The molecule has 0 saturated heterocycles. The summed E-state index contributed by atoms with van der Waals surface area (Å²) in [6, 6.07) is 16.4. The van der Waals surface area contributed by atoms with E-state index < -0.39 is 0 Å². The molecule has 158 valence electrons. The Morgan fingerprint density at radius 1 is 1.13 bits per heavy atom. The molecule has 2 aromatic carbocycles. The summed E-state index contributed by atoms with van der Waals surface area (Å²) in [6.45, 7) is 4.18. The van der Waals surface area contributed by atoms with Crippen LogP contribution < -0.4 is 5.32 Å². The summed E-state index contributed by atoms with van der Waals surface area (Å²) in [5, 5.41) is 14.7. The minimum atomic E-state index is -0.118. The number of hydrogen-bond donors (Lipinski definition) is 1. The van der Waals surface area contributed by atoms with E-state index >= 15 is 0 Å². The second-order valence-corrected chi connectivity index (χ2v) is 8.91. The molecule has 0 spiro atoms. The molecule has 2 aromatic heterocycles. The Hall–Kier alpha value is -2.97. The average molecular weight is 450 g/mol. The van der Waals surface area contributed by atoms with Gasteiger partial charge in [0.25, 0.3) is 0 Å². The number of thiazole rings is 1. The van der Waals surface area contributed by atoms with Crippen LogP contribution in [0.4, 0.5) is 5.13 Å². The van der Waals surface area contributed by atoms with Gasteiger partial charge < -0.3 is 9.88 Å². The third kappa shape index (κ3) is 4.86. The normalized spacial score (nSPS) is 10.9. The molecule has 0 unspecified atom stereocenters. The van der Waals surface area contributed by atoms with Gasteiger partial charge in [-0.15, -0.1) is 21.5 Å². The van der Waals surface area contributed by atoms with Gasteiger partial charge in [0.15, 0.2) is 16.1 Å². The minimum absolute atomic E-state index is 0.118. The molecular formula is C23H23N5OS2. The van der Waals surface area contributed by atoms with Gasteiger partial charge in [-0.1, -0.05) is 67.2 Å². The lowest BCUT2D eigenvalue weighted by atomic mass is 10.1. The second-order valence-electron chi connectivity index (χ2n) is 7.11. The van der Waals surface area contributed by atoms with Crippen molar-refractivity contribution in [1.82, 2.24) is 19.7 Å². The molecule has 0 aliphatic heterocycles. The number of benzene rings is 2. The van der Waals surface area contributed by atoms with Crippen LogP contribution in [0.2, 0.25) is 0 Å². The molecule has 0 fully saturated rings. The van der Waals surface area contributed by atoms with Gasteiger partial charge in [-0.3, -0.25) is 4.79 Å². The van der Waals surface area contributed by atoms with Crippen molar-refractivity contribution in [2.24, 2.45) is 7.05 Å². The van der Waals surface area contributed by atoms with Crippen LogP contribution in [0.5, 0.6) is 0 Å². The van der Waals surface area contributed by atoms with E-state index in [1.54, 1.807) is 0 Å². The van der Waals surface area contributed by atoms with Crippen LogP contribution in [-0.4, -0.2) is 31.4 Å². The zero-order valence-electron chi connectivity index (χ0n) is 17.6. The van der Waals surface area contributed by atoms with Crippen LogP contribution in [0, 0.1) is 6.92 Å². The van der Waals surface area contributed by atoms with E-state index in [0.717, 1.165) is 34.6 Å². The number of nitrogens with zero attached hydrogens (tertiary/aromatic N) is 4. The summed E-state index contributed by atoms with van der Waals surface area (Å²) in [5.41, 5.74) is 5.38. The number of hydrogen-bond acceptors (Lipinski definition) is 6. The third-order valence-corrected chi connectivity index (χ3v) is 6.74. The molecule has 4 rings (SSSR count). The van der Waals surface area contributed by atoms with Gasteiger partial charge in [0, 0.05) is 23.6 Å². The maximum atomic E-state index is 12.4. The molecule has 0 aliphatic rings. The first-order chi connectivity index (χ1) is 15.0. The number of thioether (sulfide) groups is 1. The number of carbonyl (C=O) groups is 1. The van der Waals surface area contributed by atoms with Crippen molar-refractivity contribution in [1.29, 1.82) is 0 Å². The summed E-state index contributed by atoms with van der Waals surface area (Å²) < 4.78 is 1.92. The molecule has 0 saturated carbocycles. The van der Waals surface area contributed by atoms with Crippen LogP contribution in [0.3, 0.4) is 0 Å². The van der Waals surface area contributed by atoms with E-state index in [1.807, 2.05) is 48.2 Å². The maximum absolute atomic E-state index is 12.4. The van der Waals surface area contributed by atoms with Crippen LogP contribution in [0.15, 0.2) is 59.1 Å². The van der Waals surface area contributed by atoms with Crippen molar-refractivity contribution in [3.05, 3.63) is 65.0 Å². The SMILES string of the molecule is CCc1ccc(-c2csc(NC(=O)CSc3nnc(-c4ccccc4C)n3C)n2)cc1. The molecule has 0 aliphatic carbocycles. The summed E-state index contributed by atoms with van der Waals surface area (Å²) in [5.74, 6) is 0.909. The van der Waals surface area contributed by atoms with Crippen molar-refractivity contribution in [3.63, 3.8) is 0 Å². The molecular weight excluding hydrogens is 426 g/mol. The van der Waals surface area contributed by atoms with E-state index in [2.05, 4.69) is 51.7 Å². The van der Waals surface area contributed by atoms with Crippen molar-refractivity contribution in [2.75, 3.05) is 11.1 Å². The molecule has 1 N–H and O–H groups in total. The topological polar surface area (TPSA) is 72.7 Å². The van der Waals surface area contributed by atoms with Crippen LogP contribution >= 0.6 is 23.1 Å². The van der Waals surface area contributed by atoms with E-state index in [4.69, 9.17) is 0 Å². The lowest BCUT2D eigenvalue weighted by Gasteiger charge is -2.06. The second kappa shape index (κ2) is 9.45.